The summed E-state index contributed by atoms with van der Waals surface area (Å²) in [4.78, 5) is 11.8. The van der Waals surface area contributed by atoms with Gasteiger partial charge in [0.05, 0.1) is 5.71 Å². The highest BCUT2D eigenvalue weighted by atomic mass is 16.5. The molecule has 0 aliphatic carbocycles. The highest BCUT2D eigenvalue weighted by molar-refractivity contribution is 6.00. The van der Waals surface area contributed by atoms with Crippen molar-refractivity contribution in [3.8, 4) is 5.75 Å². The normalized spacial score (nSPS) is 11.1. The molecule has 0 radical (unpaired) electrons. The van der Waals surface area contributed by atoms with Crippen molar-refractivity contribution in [3.63, 3.8) is 0 Å². The smallest absolute Gasteiger partial charge is 0.277 e. The van der Waals surface area contributed by atoms with Crippen LogP contribution in [0.1, 0.15) is 31.4 Å². The lowest BCUT2D eigenvalue weighted by atomic mass is 10.1. The number of carbonyl (C=O) groups is 1. The molecule has 4 heteroatoms. The van der Waals surface area contributed by atoms with E-state index in [1.165, 1.54) is 5.56 Å². The zero-order valence-corrected chi connectivity index (χ0v) is 13.6. The van der Waals surface area contributed by atoms with Crippen LogP contribution in [0.5, 0.6) is 5.75 Å². The number of hydrogen-bond donors (Lipinski definition) is 1. The van der Waals surface area contributed by atoms with Crippen molar-refractivity contribution >= 4 is 11.6 Å². The van der Waals surface area contributed by atoms with Crippen LogP contribution < -0.4 is 10.2 Å². The molecule has 1 amide bonds. The van der Waals surface area contributed by atoms with Gasteiger partial charge in [0.1, 0.15) is 5.75 Å². The first-order valence-electron chi connectivity index (χ1n) is 7.85. The minimum absolute atomic E-state index is 0.0548. The molecule has 2 aromatic carbocycles. The number of ether oxygens (including phenoxy) is 1. The van der Waals surface area contributed by atoms with Crippen molar-refractivity contribution in [2.24, 2.45) is 5.10 Å². The summed E-state index contributed by atoms with van der Waals surface area (Å²) in [6.07, 6.45) is 1.72. The van der Waals surface area contributed by atoms with Crippen LogP contribution in [-0.2, 0) is 11.2 Å². The standard InChI is InChI=1S/C19H22N2O2/c1-3-15-10-12-17(13-11-15)23-14-19(22)21-20-18(4-2)16-8-6-5-7-9-16/h5-13H,3-4,14H2,1-2H3,(H,21,22)/b20-18+. The Labute approximate surface area is 137 Å². The van der Waals surface area contributed by atoms with Gasteiger partial charge in [0.15, 0.2) is 6.61 Å². The molecule has 1 N–H and O–H groups in total. The van der Waals surface area contributed by atoms with E-state index < -0.39 is 0 Å². The molecule has 0 heterocycles. The van der Waals surface area contributed by atoms with Crippen molar-refractivity contribution in [2.75, 3.05) is 6.61 Å². The summed E-state index contributed by atoms with van der Waals surface area (Å²) >= 11 is 0. The van der Waals surface area contributed by atoms with Crippen molar-refractivity contribution < 1.29 is 9.53 Å². The van der Waals surface area contributed by atoms with E-state index in [0.29, 0.717) is 5.75 Å². The zero-order valence-electron chi connectivity index (χ0n) is 13.6. The molecule has 0 unspecified atom stereocenters. The van der Waals surface area contributed by atoms with Gasteiger partial charge in [-0.1, -0.05) is 56.3 Å². The van der Waals surface area contributed by atoms with Gasteiger partial charge in [-0.05, 0) is 36.1 Å². The molecule has 0 spiro atoms. The molecule has 23 heavy (non-hydrogen) atoms. The van der Waals surface area contributed by atoms with E-state index in [0.717, 1.165) is 24.1 Å². The molecule has 0 saturated carbocycles. The lowest BCUT2D eigenvalue weighted by molar-refractivity contribution is -0.123. The summed E-state index contributed by atoms with van der Waals surface area (Å²) in [5.41, 5.74) is 5.63. The summed E-state index contributed by atoms with van der Waals surface area (Å²) in [6.45, 7) is 4.05. The minimum Gasteiger partial charge on any atom is -0.484 e. The second-order valence-corrected chi connectivity index (χ2v) is 5.10. The Hall–Kier alpha value is -2.62. The lowest BCUT2D eigenvalue weighted by Gasteiger charge is -2.07. The molecule has 120 valence electrons. The third kappa shape index (κ3) is 5.25. The van der Waals surface area contributed by atoms with E-state index in [4.69, 9.17) is 4.74 Å². The Morgan fingerprint density at radius 3 is 2.35 bits per heavy atom. The van der Waals surface area contributed by atoms with Crippen LogP contribution in [-0.4, -0.2) is 18.2 Å². The largest absolute Gasteiger partial charge is 0.484 e. The van der Waals surface area contributed by atoms with Gasteiger partial charge in [-0.25, -0.2) is 5.43 Å². The third-order valence-electron chi connectivity index (χ3n) is 3.46. The van der Waals surface area contributed by atoms with Gasteiger partial charge in [0, 0.05) is 0 Å². The number of hydrazone groups is 1. The number of carbonyl (C=O) groups excluding carboxylic acids is 1. The molecule has 0 aliphatic rings. The number of nitrogens with zero attached hydrogens (tertiary/aromatic N) is 1. The molecule has 0 aromatic heterocycles. The van der Waals surface area contributed by atoms with Gasteiger partial charge in [0.25, 0.3) is 5.91 Å². The molecule has 0 atom stereocenters. The number of benzene rings is 2. The fourth-order valence-corrected chi connectivity index (χ4v) is 2.11. The first-order valence-corrected chi connectivity index (χ1v) is 7.85. The molecule has 4 nitrogen and oxygen atoms in total. The lowest BCUT2D eigenvalue weighted by Crippen LogP contribution is -2.26. The van der Waals surface area contributed by atoms with Crippen LogP contribution in [0.3, 0.4) is 0 Å². The van der Waals surface area contributed by atoms with Crippen LogP contribution >= 0.6 is 0 Å². The molecular formula is C19H22N2O2. The minimum atomic E-state index is -0.272. The predicted octanol–water partition coefficient (Wildman–Crippen LogP) is 3.56. The maximum atomic E-state index is 11.8. The molecule has 0 saturated heterocycles. The summed E-state index contributed by atoms with van der Waals surface area (Å²) in [5, 5.41) is 4.19. The van der Waals surface area contributed by atoms with Crippen LogP contribution in [0.4, 0.5) is 0 Å². The first-order chi connectivity index (χ1) is 11.2. The Balaban J connectivity index is 1.87. The SMILES string of the molecule is CC/C(=N\NC(=O)COc1ccc(CC)cc1)c1ccccc1. The fourth-order valence-electron chi connectivity index (χ4n) is 2.11. The van der Waals surface area contributed by atoms with Gasteiger partial charge < -0.3 is 4.74 Å². The van der Waals surface area contributed by atoms with Gasteiger partial charge >= 0.3 is 0 Å². The molecule has 2 rings (SSSR count). The Kier molecular flexibility index (Phi) is 6.36. The number of aryl methyl sites for hydroxylation is 1. The zero-order chi connectivity index (χ0) is 16.5. The van der Waals surface area contributed by atoms with Gasteiger partial charge in [-0.2, -0.15) is 5.10 Å². The highest BCUT2D eigenvalue weighted by Crippen LogP contribution is 2.12. The predicted molar refractivity (Wildman–Crippen MR) is 92.7 cm³/mol. The summed E-state index contributed by atoms with van der Waals surface area (Å²) in [6, 6.07) is 17.5. The second-order valence-electron chi connectivity index (χ2n) is 5.10. The van der Waals surface area contributed by atoms with E-state index in [-0.39, 0.29) is 12.5 Å². The van der Waals surface area contributed by atoms with Gasteiger partial charge in [-0.3, -0.25) is 4.79 Å². The second kappa shape index (κ2) is 8.73. The van der Waals surface area contributed by atoms with E-state index in [2.05, 4.69) is 17.5 Å². The highest BCUT2D eigenvalue weighted by Gasteiger charge is 2.04. The summed E-state index contributed by atoms with van der Waals surface area (Å²) in [7, 11) is 0. The molecule has 0 fully saturated rings. The van der Waals surface area contributed by atoms with Crippen LogP contribution in [0.25, 0.3) is 0 Å². The van der Waals surface area contributed by atoms with E-state index in [1.807, 2.05) is 61.5 Å². The fraction of sp³-hybridized carbons (Fsp3) is 0.263. The van der Waals surface area contributed by atoms with Crippen LogP contribution in [0, 0.1) is 0 Å². The Bertz CT molecular complexity index is 649. The van der Waals surface area contributed by atoms with Crippen LogP contribution in [0.2, 0.25) is 0 Å². The first kappa shape index (κ1) is 16.7. The van der Waals surface area contributed by atoms with Crippen molar-refractivity contribution in [3.05, 3.63) is 65.7 Å². The quantitative estimate of drug-likeness (QED) is 0.628. The number of hydrogen-bond acceptors (Lipinski definition) is 3. The monoisotopic (exact) mass is 310 g/mol. The van der Waals surface area contributed by atoms with E-state index >= 15 is 0 Å². The Morgan fingerprint density at radius 1 is 1.04 bits per heavy atom. The molecule has 0 bridgehead atoms. The average Bonchev–Trinajstić information content (AvgIpc) is 2.62. The molecule has 0 aliphatic heterocycles. The van der Waals surface area contributed by atoms with E-state index in [1.54, 1.807) is 0 Å². The van der Waals surface area contributed by atoms with Crippen molar-refractivity contribution in [1.29, 1.82) is 0 Å². The maximum Gasteiger partial charge on any atom is 0.277 e. The Morgan fingerprint density at radius 2 is 1.74 bits per heavy atom. The molecule has 2 aromatic rings. The maximum absolute atomic E-state index is 11.8. The number of nitrogens with one attached hydrogen (secondary N) is 1. The van der Waals surface area contributed by atoms with Gasteiger partial charge in [-0.15, -0.1) is 0 Å². The van der Waals surface area contributed by atoms with E-state index in [9.17, 15) is 4.79 Å². The molecular weight excluding hydrogens is 288 g/mol. The third-order valence-corrected chi connectivity index (χ3v) is 3.46. The number of rotatable bonds is 7. The van der Waals surface area contributed by atoms with Gasteiger partial charge in [0.2, 0.25) is 0 Å². The van der Waals surface area contributed by atoms with Crippen molar-refractivity contribution in [2.45, 2.75) is 26.7 Å². The van der Waals surface area contributed by atoms with Crippen molar-refractivity contribution in [1.82, 2.24) is 5.43 Å². The number of amides is 1. The summed E-state index contributed by atoms with van der Waals surface area (Å²) < 4.78 is 5.46. The average molecular weight is 310 g/mol. The summed E-state index contributed by atoms with van der Waals surface area (Å²) in [5.74, 6) is 0.409. The topological polar surface area (TPSA) is 50.7 Å². The van der Waals surface area contributed by atoms with Crippen LogP contribution in [0.15, 0.2) is 59.7 Å².